The van der Waals surface area contributed by atoms with Gasteiger partial charge in [0, 0.05) is 9.99 Å². The lowest BCUT2D eigenvalue weighted by molar-refractivity contribution is 0.178. The molecule has 0 aliphatic rings. The number of nitrogens with zero attached hydrogens (tertiary/aromatic N) is 1. The van der Waals surface area contributed by atoms with Crippen molar-refractivity contribution in [3.05, 3.63) is 68.8 Å². The van der Waals surface area contributed by atoms with Crippen LogP contribution in [0.15, 0.2) is 48.5 Å². The standard InChI is InChI=1S/C15H12INO/c16-14-6-4-11(5-7-14)9-15(18)13-3-1-2-12(8-13)10-17/h1-8,15,18H,9H2. The number of nitriles is 1. The van der Waals surface area contributed by atoms with E-state index in [1.807, 2.05) is 30.3 Å². The number of aliphatic hydroxyl groups is 1. The van der Waals surface area contributed by atoms with Crippen LogP contribution in [0.3, 0.4) is 0 Å². The quantitative estimate of drug-likeness (QED) is 0.863. The van der Waals surface area contributed by atoms with Crippen molar-refractivity contribution in [3.63, 3.8) is 0 Å². The number of hydrogen-bond acceptors (Lipinski definition) is 2. The van der Waals surface area contributed by atoms with Gasteiger partial charge in [-0.15, -0.1) is 0 Å². The molecule has 0 aliphatic heterocycles. The van der Waals surface area contributed by atoms with Crippen molar-refractivity contribution < 1.29 is 5.11 Å². The Kier molecular flexibility index (Phi) is 4.34. The Hall–Kier alpha value is -1.38. The van der Waals surface area contributed by atoms with Gasteiger partial charge in [-0.25, -0.2) is 0 Å². The van der Waals surface area contributed by atoms with Gasteiger partial charge in [0.1, 0.15) is 0 Å². The van der Waals surface area contributed by atoms with E-state index in [1.54, 1.807) is 18.2 Å². The highest BCUT2D eigenvalue weighted by Gasteiger charge is 2.09. The summed E-state index contributed by atoms with van der Waals surface area (Å²) in [5.41, 5.74) is 2.45. The Bertz CT molecular complexity index is 572. The molecule has 0 fully saturated rings. The van der Waals surface area contributed by atoms with E-state index in [9.17, 15) is 5.11 Å². The highest BCUT2D eigenvalue weighted by Crippen LogP contribution is 2.19. The van der Waals surface area contributed by atoms with Crippen LogP contribution in [0.2, 0.25) is 0 Å². The monoisotopic (exact) mass is 349 g/mol. The van der Waals surface area contributed by atoms with E-state index >= 15 is 0 Å². The van der Waals surface area contributed by atoms with Crippen LogP contribution < -0.4 is 0 Å². The van der Waals surface area contributed by atoms with Gasteiger partial charge in [-0.3, -0.25) is 0 Å². The fraction of sp³-hybridized carbons (Fsp3) is 0.133. The lowest BCUT2D eigenvalue weighted by Gasteiger charge is -2.11. The zero-order valence-electron chi connectivity index (χ0n) is 9.68. The van der Waals surface area contributed by atoms with Gasteiger partial charge in [-0.2, -0.15) is 5.26 Å². The highest BCUT2D eigenvalue weighted by atomic mass is 127. The minimum absolute atomic E-state index is 0.561. The van der Waals surface area contributed by atoms with E-state index < -0.39 is 6.10 Å². The Labute approximate surface area is 120 Å². The van der Waals surface area contributed by atoms with Crippen molar-refractivity contribution in [2.24, 2.45) is 0 Å². The number of aliphatic hydroxyl groups excluding tert-OH is 1. The molecular weight excluding hydrogens is 337 g/mol. The van der Waals surface area contributed by atoms with Crippen LogP contribution in [0.4, 0.5) is 0 Å². The number of benzene rings is 2. The van der Waals surface area contributed by atoms with E-state index in [0.29, 0.717) is 12.0 Å². The average Bonchev–Trinajstić information content (AvgIpc) is 2.41. The van der Waals surface area contributed by atoms with E-state index in [1.165, 1.54) is 3.57 Å². The van der Waals surface area contributed by atoms with Gasteiger partial charge in [0.2, 0.25) is 0 Å². The zero-order chi connectivity index (χ0) is 13.0. The minimum Gasteiger partial charge on any atom is -0.388 e. The lowest BCUT2D eigenvalue weighted by Crippen LogP contribution is -2.02. The third-order valence-corrected chi connectivity index (χ3v) is 3.46. The molecule has 0 saturated carbocycles. The molecule has 2 rings (SSSR count). The van der Waals surface area contributed by atoms with E-state index in [-0.39, 0.29) is 0 Å². The molecule has 2 nitrogen and oxygen atoms in total. The molecule has 18 heavy (non-hydrogen) atoms. The van der Waals surface area contributed by atoms with Gasteiger partial charge in [0.25, 0.3) is 0 Å². The maximum Gasteiger partial charge on any atom is 0.0991 e. The van der Waals surface area contributed by atoms with E-state index in [2.05, 4.69) is 28.7 Å². The molecule has 1 atom stereocenters. The molecule has 0 bridgehead atoms. The van der Waals surface area contributed by atoms with Crippen molar-refractivity contribution in [3.8, 4) is 6.07 Å². The molecule has 90 valence electrons. The molecule has 2 aromatic rings. The summed E-state index contributed by atoms with van der Waals surface area (Å²) in [5, 5.41) is 19.0. The van der Waals surface area contributed by atoms with Crippen LogP contribution in [-0.4, -0.2) is 5.11 Å². The van der Waals surface area contributed by atoms with Crippen LogP contribution in [0.5, 0.6) is 0 Å². The first-order chi connectivity index (χ1) is 8.69. The highest BCUT2D eigenvalue weighted by molar-refractivity contribution is 14.1. The molecule has 0 amide bonds. The average molecular weight is 349 g/mol. The molecule has 0 radical (unpaired) electrons. The predicted octanol–water partition coefficient (Wildman–Crippen LogP) is 3.44. The second-order valence-corrected chi connectivity index (χ2v) is 5.33. The van der Waals surface area contributed by atoms with Crippen LogP contribution in [0.1, 0.15) is 22.8 Å². The minimum atomic E-state index is -0.571. The number of halogens is 1. The summed E-state index contributed by atoms with van der Waals surface area (Å²) in [6.07, 6.45) is -0.00965. The van der Waals surface area contributed by atoms with Gasteiger partial charge in [-0.1, -0.05) is 24.3 Å². The summed E-state index contributed by atoms with van der Waals surface area (Å²) in [5.74, 6) is 0. The first-order valence-electron chi connectivity index (χ1n) is 5.61. The summed E-state index contributed by atoms with van der Waals surface area (Å²) >= 11 is 2.25. The molecule has 1 N–H and O–H groups in total. The van der Waals surface area contributed by atoms with Crippen LogP contribution >= 0.6 is 22.6 Å². The predicted molar refractivity (Wildman–Crippen MR) is 79.0 cm³/mol. The van der Waals surface area contributed by atoms with Crippen LogP contribution in [-0.2, 0) is 6.42 Å². The largest absolute Gasteiger partial charge is 0.388 e. The zero-order valence-corrected chi connectivity index (χ0v) is 11.8. The maximum atomic E-state index is 10.2. The maximum absolute atomic E-state index is 10.2. The molecule has 0 aliphatic carbocycles. The molecule has 2 aromatic carbocycles. The van der Waals surface area contributed by atoms with Crippen molar-refractivity contribution >= 4 is 22.6 Å². The topological polar surface area (TPSA) is 44.0 Å². The molecule has 0 heterocycles. The van der Waals surface area contributed by atoms with Gasteiger partial charge in [-0.05, 0) is 58.0 Å². The van der Waals surface area contributed by atoms with E-state index in [4.69, 9.17) is 5.26 Å². The molecular formula is C15H12INO. The Morgan fingerprint density at radius 2 is 1.89 bits per heavy atom. The Morgan fingerprint density at radius 3 is 2.56 bits per heavy atom. The molecule has 0 spiro atoms. The fourth-order valence-electron chi connectivity index (χ4n) is 1.78. The third-order valence-electron chi connectivity index (χ3n) is 2.74. The summed E-state index contributed by atoms with van der Waals surface area (Å²) < 4.78 is 1.18. The lowest BCUT2D eigenvalue weighted by atomic mass is 10.0. The molecule has 0 aromatic heterocycles. The van der Waals surface area contributed by atoms with Crippen molar-refractivity contribution in [2.75, 3.05) is 0 Å². The smallest absolute Gasteiger partial charge is 0.0991 e. The van der Waals surface area contributed by atoms with Gasteiger partial charge in [0.05, 0.1) is 17.7 Å². The Morgan fingerprint density at radius 1 is 1.17 bits per heavy atom. The SMILES string of the molecule is N#Cc1cccc(C(O)Cc2ccc(I)cc2)c1. The molecule has 1 unspecified atom stereocenters. The van der Waals surface area contributed by atoms with Crippen molar-refractivity contribution in [1.29, 1.82) is 5.26 Å². The first-order valence-corrected chi connectivity index (χ1v) is 6.69. The van der Waals surface area contributed by atoms with Crippen LogP contribution in [0, 0.1) is 14.9 Å². The van der Waals surface area contributed by atoms with Gasteiger partial charge in [0.15, 0.2) is 0 Å². The second-order valence-electron chi connectivity index (χ2n) is 4.08. The third kappa shape index (κ3) is 3.31. The van der Waals surface area contributed by atoms with Crippen LogP contribution in [0.25, 0.3) is 0 Å². The summed E-state index contributed by atoms with van der Waals surface area (Å²) in [6, 6.07) is 17.3. The van der Waals surface area contributed by atoms with E-state index in [0.717, 1.165) is 11.1 Å². The van der Waals surface area contributed by atoms with Crippen molar-refractivity contribution in [1.82, 2.24) is 0 Å². The molecule has 3 heteroatoms. The summed E-state index contributed by atoms with van der Waals surface area (Å²) in [4.78, 5) is 0. The normalized spacial score (nSPS) is 11.8. The molecule has 0 saturated heterocycles. The van der Waals surface area contributed by atoms with Gasteiger partial charge >= 0.3 is 0 Å². The van der Waals surface area contributed by atoms with Gasteiger partial charge < -0.3 is 5.11 Å². The fourth-order valence-corrected chi connectivity index (χ4v) is 2.14. The number of hydrogen-bond donors (Lipinski definition) is 1. The Balaban J connectivity index is 2.14. The van der Waals surface area contributed by atoms with Crippen molar-refractivity contribution in [2.45, 2.75) is 12.5 Å². The summed E-state index contributed by atoms with van der Waals surface area (Å²) in [7, 11) is 0. The first kappa shape index (κ1) is 13.1. The summed E-state index contributed by atoms with van der Waals surface area (Å²) in [6.45, 7) is 0. The number of rotatable bonds is 3. The second kappa shape index (κ2) is 5.98.